The number of primary sulfonamides is 1. The van der Waals surface area contributed by atoms with Crippen LogP contribution in [-0.2, 0) is 14.8 Å². The van der Waals surface area contributed by atoms with Crippen LogP contribution in [0.3, 0.4) is 0 Å². The monoisotopic (exact) mass is 321 g/mol. The third-order valence-electron chi connectivity index (χ3n) is 3.00. The number of sulfonamides is 1. The SMILES string of the molecule is CC[C@H](N)C(=O)Nc1cc(S(N)(=O)=O)cc(C)c1C.Cl. The minimum Gasteiger partial charge on any atom is -0.324 e. The average Bonchev–Trinajstić information content (AvgIpc) is 2.32. The van der Waals surface area contributed by atoms with Crippen molar-refractivity contribution in [2.75, 3.05) is 5.32 Å². The highest BCUT2D eigenvalue weighted by Gasteiger charge is 2.16. The molecule has 0 radical (unpaired) electrons. The van der Waals surface area contributed by atoms with Crippen molar-refractivity contribution in [1.82, 2.24) is 0 Å². The molecule has 114 valence electrons. The number of amides is 1. The highest BCUT2D eigenvalue weighted by atomic mass is 35.5. The summed E-state index contributed by atoms with van der Waals surface area (Å²) in [5, 5.41) is 7.73. The number of nitrogens with one attached hydrogen (secondary N) is 1. The second-order valence-corrected chi connectivity index (χ2v) is 6.02. The zero-order chi connectivity index (χ0) is 14.8. The molecule has 0 aliphatic rings. The molecule has 0 bridgehead atoms. The largest absolute Gasteiger partial charge is 0.324 e. The van der Waals surface area contributed by atoms with Gasteiger partial charge in [0, 0.05) is 5.69 Å². The zero-order valence-corrected chi connectivity index (χ0v) is 13.3. The molecule has 1 rings (SSSR count). The van der Waals surface area contributed by atoms with Gasteiger partial charge in [-0.2, -0.15) is 0 Å². The topological polar surface area (TPSA) is 115 Å². The summed E-state index contributed by atoms with van der Waals surface area (Å²) in [5.41, 5.74) is 7.55. The van der Waals surface area contributed by atoms with Crippen LogP contribution in [0.1, 0.15) is 24.5 Å². The highest BCUT2D eigenvalue weighted by Crippen LogP contribution is 2.23. The molecule has 6 nitrogen and oxygen atoms in total. The molecule has 5 N–H and O–H groups in total. The van der Waals surface area contributed by atoms with Gasteiger partial charge in [-0.3, -0.25) is 4.79 Å². The number of nitrogens with two attached hydrogens (primary N) is 2. The lowest BCUT2D eigenvalue weighted by molar-refractivity contribution is -0.117. The van der Waals surface area contributed by atoms with Gasteiger partial charge in [-0.05, 0) is 43.5 Å². The fourth-order valence-electron chi connectivity index (χ4n) is 1.53. The number of carbonyl (C=O) groups excluding carboxylic acids is 1. The molecule has 0 aromatic heterocycles. The first-order valence-corrected chi connectivity index (χ1v) is 7.42. The van der Waals surface area contributed by atoms with Crippen LogP contribution in [0.25, 0.3) is 0 Å². The van der Waals surface area contributed by atoms with E-state index < -0.39 is 16.1 Å². The number of carbonyl (C=O) groups is 1. The van der Waals surface area contributed by atoms with E-state index in [2.05, 4.69) is 5.32 Å². The summed E-state index contributed by atoms with van der Waals surface area (Å²) in [6.07, 6.45) is 0.499. The number of hydrogen-bond acceptors (Lipinski definition) is 4. The Morgan fingerprint density at radius 3 is 2.35 bits per heavy atom. The van der Waals surface area contributed by atoms with Gasteiger partial charge in [0.25, 0.3) is 0 Å². The molecule has 0 aliphatic carbocycles. The predicted molar refractivity (Wildman–Crippen MR) is 81.4 cm³/mol. The van der Waals surface area contributed by atoms with E-state index in [4.69, 9.17) is 10.9 Å². The molecule has 0 fully saturated rings. The van der Waals surface area contributed by atoms with Crippen molar-refractivity contribution in [3.05, 3.63) is 23.3 Å². The smallest absolute Gasteiger partial charge is 0.241 e. The quantitative estimate of drug-likeness (QED) is 0.768. The van der Waals surface area contributed by atoms with Gasteiger partial charge in [0.15, 0.2) is 0 Å². The molecule has 0 spiro atoms. The van der Waals surface area contributed by atoms with E-state index in [-0.39, 0.29) is 23.2 Å². The standard InChI is InChI=1S/C12H19N3O3S.ClH/c1-4-10(13)12(16)15-11-6-9(19(14,17)18)5-7(2)8(11)3;/h5-6,10H,4,13H2,1-3H3,(H,15,16)(H2,14,17,18);1H/t10-;/m0./s1. The lowest BCUT2D eigenvalue weighted by Gasteiger charge is -2.15. The Bertz CT molecular complexity index is 602. The van der Waals surface area contributed by atoms with Crippen molar-refractivity contribution in [3.8, 4) is 0 Å². The van der Waals surface area contributed by atoms with E-state index in [1.807, 2.05) is 0 Å². The molecule has 0 saturated carbocycles. The van der Waals surface area contributed by atoms with Crippen LogP contribution < -0.4 is 16.2 Å². The first-order chi connectivity index (χ1) is 8.66. The Hall–Kier alpha value is -1.15. The van der Waals surface area contributed by atoms with E-state index in [1.165, 1.54) is 12.1 Å². The second-order valence-electron chi connectivity index (χ2n) is 4.46. The van der Waals surface area contributed by atoms with E-state index >= 15 is 0 Å². The highest BCUT2D eigenvalue weighted by molar-refractivity contribution is 7.89. The molecule has 1 atom stereocenters. The Morgan fingerprint density at radius 2 is 1.90 bits per heavy atom. The van der Waals surface area contributed by atoms with Crippen molar-refractivity contribution < 1.29 is 13.2 Å². The Balaban J connectivity index is 0.00000361. The third-order valence-corrected chi connectivity index (χ3v) is 3.90. The number of aryl methyl sites for hydroxylation is 1. The number of hydrogen-bond donors (Lipinski definition) is 3. The summed E-state index contributed by atoms with van der Waals surface area (Å²) in [6.45, 7) is 5.33. The van der Waals surface area contributed by atoms with Crippen LogP contribution in [-0.4, -0.2) is 20.4 Å². The fourth-order valence-corrected chi connectivity index (χ4v) is 2.15. The van der Waals surface area contributed by atoms with Crippen LogP contribution >= 0.6 is 12.4 Å². The lowest BCUT2D eigenvalue weighted by Crippen LogP contribution is -2.35. The Kier molecular flexibility index (Phi) is 6.63. The van der Waals surface area contributed by atoms with Gasteiger partial charge < -0.3 is 11.1 Å². The molecule has 0 aliphatic heterocycles. The summed E-state index contributed by atoms with van der Waals surface area (Å²) < 4.78 is 22.7. The van der Waals surface area contributed by atoms with Crippen LogP contribution in [0.2, 0.25) is 0 Å². The molecular formula is C12H20ClN3O3S. The van der Waals surface area contributed by atoms with E-state index in [9.17, 15) is 13.2 Å². The van der Waals surface area contributed by atoms with Crippen LogP contribution in [0.4, 0.5) is 5.69 Å². The summed E-state index contributed by atoms with van der Waals surface area (Å²) in [6, 6.07) is 2.19. The summed E-state index contributed by atoms with van der Waals surface area (Å²) in [4.78, 5) is 11.7. The lowest BCUT2D eigenvalue weighted by atomic mass is 10.1. The summed E-state index contributed by atoms with van der Waals surface area (Å²) >= 11 is 0. The fraction of sp³-hybridized carbons (Fsp3) is 0.417. The number of anilines is 1. The van der Waals surface area contributed by atoms with E-state index in [0.29, 0.717) is 12.1 Å². The molecule has 0 unspecified atom stereocenters. The van der Waals surface area contributed by atoms with E-state index in [1.54, 1.807) is 20.8 Å². The predicted octanol–water partition coefficient (Wildman–Crippen LogP) is 1.05. The molecule has 1 amide bonds. The molecular weight excluding hydrogens is 302 g/mol. The van der Waals surface area contributed by atoms with Gasteiger partial charge in [0.1, 0.15) is 0 Å². The van der Waals surface area contributed by atoms with Gasteiger partial charge >= 0.3 is 0 Å². The van der Waals surface area contributed by atoms with Crippen molar-refractivity contribution in [2.24, 2.45) is 10.9 Å². The first kappa shape index (κ1) is 18.9. The second kappa shape index (κ2) is 7.03. The van der Waals surface area contributed by atoms with Crippen molar-refractivity contribution >= 4 is 34.0 Å². The zero-order valence-electron chi connectivity index (χ0n) is 11.6. The van der Waals surface area contributed by atoms with Crippen LogP contribution in [0.15, 0.2) is 17.0 Å². The average molecular weight is 322 g/mol. The Morgan fingerprint density at radius 1 is 1.35 bits per heavy atom. The Labute approximate surface area is 125 Å². The maximum absolute atomic E-state index is 11.8. The first-order valence-electron chi connectivity index (χ1n) is 5.87. The van der Waals surface area contributed by atoms with Gasteiger partial charge in [-0.15, -0.1) is 12.4 Å². The third kappa shape index (κ3) is 4.45. The van der Waals surface area contributed by atoms with Gasteiger partial charge in [0.05, 0.1) is 10.9 Å². The normalized spacial score (nSPS) is 12.4. The minimum atomic E-state index is -3.81. The molecule has 1 aromatic rings. The summed E-state index contributed by atoms with van der Waals surface area (Å²) in [5.74, 6) is -0.350. The number of halogens is 1. The number of benzene rings is 1. The molecule has 0 saturated heterocycles. The minimum absolute atomic E-state index is 0. The maximum atomic E-state index is 11.8. The molecule has 8 heteroatoms. The van der Waals surface area contributed by atoms with Crippen LogP contribution in [0.5, 0.6) is 0 Å². The van der Waals surface area contributed by atoms with Gasteiger partial charge in [0.2, 0.25) is 15.9 Å². The van der Waals surface area contributed by atoms with Gasteiger partial charge in [-0.25, -0.2) is 13.6 Å². The van der Waals surface area contributed by atoms with Crippen LogP contribution in [0, 0.1) is 13.8 Å². The molecule has 0 heterocycles. The van der Waals surface area contributed by atoms with E-state index in [0.717, 1.165) is 11.1 Å². The maximum Gasteiger partial charge on any atom is 0.241 e. The molecule has 1 aromatic carbocycles. The molecule has 20 heavy (non-hydrogen) atoms. The summed E-state index contributed by atoms with van der Waals surface area (Å²) in [7, 11) is -3.81. The van der Waals surface area contributed by atoms with Gasteiger partial charge in [-0.1, -0.05) is 6.92 Å². The van der Waals surface area contributed by atoms with Crippen molar-refractivity contribution in [3.63, 3.8) is 0 Å². The van der Waals surface area contributed by atoms with Crippen molar-refractivity contribution in [2.45, 2.75) is 38.1 Å². The number of rotatable bonds is 4. The van der Waals surface area contributed by atoms with Crippen molar-refractivity contribution in [1.29, 1.82) is 0 Å².